The van der Waals surface area contributed by atoms with Crippen molar-refractivity contribution in [2.24, 2.45) is 0 Å². The molecule has 0 fully saturated rings. The molecule has 1 N–H and O–H groups in total. The zero-order valence-corrected chi connectivity index (χ0v) is 16.1. The first-order valence-corrected chi connectivity index (χ1v) is 10.00. The summed E-state index contributed by atoms with van der Waals surface area (Å²) in [6.07, 6.45) is 0.782. The lowest BCUT2D eigenvalue weighted by Gasteiger charge is -2.15. The number of anilines is 1. The third kappa shape index (κ3) is 4.00. The molecule has 27 heavy (non-hydrogen) atoms. The van der Waals surface area contributed by atoms with E-state index in [1.807, 2.05) is 13.8 Å². The van der Waals surface area contributed by atoms with Gasteiger partial charge in [0.25, 0.3) is 10.0 Å². The molecule has 8 heteroatoms. The van der Waals surface area contributed by atoms with Crippen LogP contribution in [0.4, 0.5) is 5.69 Å². The monoisotopic (exact) mass is 391 g/mol. The minimum atomic E-state index is -3.87. The van der Waals surface area contributed by atoms with E-state index in [0.29, 0.717) is 23.8 Å². The molecule has 7 nitrogen and oxygen atoms in total. The number of sulfonamides is 1. The van der Waals surface area contributed by atoms with Crippen LogP contribution in [0.15, 0.2) is 41.3 Å². The van der Waals surface area contributed by atoms with Gasteiger partial charge in [-0.1, -0.05) is 0 Å². The number of rotatable bonds is 6. The highest BCUT2D eigenvalue weighted by atomic mass is 32.2. The van der Waals surface area contributed by atoms with Crippen LogP contribution in [0.2, 0.25) is 0 Å². The highest BCUT2D eigenvalue weighted by Gasteiger charge is 2.24. The number of ether oxygens (including phenoxy) is 3. The maximum atomic E-state index is 12.7. The Balaban J connectivity index is 1.91. The molecule has 0 saturated heterocycles. The maximum absolute atomic E-state index is 12.7. The Bertz CT molecular complexity index is 953. The van der Waals surface area contributed by atoms with Crippen LogP contribution < -0.4 is 14.2 Å². The number of hydrogen-bond donors (Lipinski definition) is 1. The minimum Gasteiger partial charge on any atom is -0.492 e. The molecule has 0 aliphatic carbocycles. The number of carbonyl (C=O) groups excluding carboxylic acids is 1. The van der Waals surface area contributed by atoms with Crippen molar-refractivity contribution in [2.45, 2.75) is 31.3 Å². The van der Waals surface area contributed by atoms with Crippen LogP contribution in [-0.2, 0) is 21.2 Å². The summed E-state index contributed by atoms with van der Waals surface area (Å²) in [5.74, 6) is 0.559. The van der Waals surface area contributed by atoms with Crippen LogP contribution >= 0.6 is 0 Å². The van der Waals surface area contributed by atoms with Crippen molar-refractivity contribution < 1.29 is 27.4 Å². The molecule has 2 aromatic carbocycles. The molecule has 0 bridgehead atoms. The van der Waals surface area contributed by atoms with E-state index in [1.54, 1.807) is 12.1 Å². The van der Waals surface area contributed by atoms with Crippen molar-refractivity contribution >= 4 is 21.7 Å². The van der Waals surface area contributed by atoms with Crippen molar-refractivity contribution in [3.8, 4) is 11.5 Å². The van der Waals surface area contributed by atoms with E-state index in [2.05, 4.69) is 9.46 Å². The number of benzene rings is 2. The van der Waals surface area contributed by atoms with Crippen LogP contribution in [0.3, 0.4) is 0 Å². The number of hydrogen-bond acceptors (Lipinski definition) is 6. The zero-order chi connectivity index (χ0) is 19.6. The lowest BCUT2D eigenvalue weighted by Crippen LogP contribution is -2.14. The number of fused-ring (bicyclic) bond motifs is 1. The van der Waals surface area contributed by atoms with Crippen molar-refractivity contribution in [1.29, 1.82) is 0 Å². The van der Waals surface area contributed by atoms with Crippen LogP contribution in [0.5, 0.6) is 11.5 Å². The van der Waals surface area contributed by atoms with E-state index in [1.165, 1.54) is 31.4 Å². The summed E-state index contributed by atoms with van der Waals surface area (Å²) in [4.78, 5) is 11.5. The Kier molecular flexibility index (Phi) is 5.27. The minimum absolute atomic E-state index is 0.0207. The third-order valence-corrected chi connectivity index (χ3v) is 5.51. The van der Waals surface area contributed by atoms with Crippen LogP contribution in [-0.4, -0.2) is 34.2 Å². The first-order chi connectivity index (χ1) is 12.8. The molecule has 0 radical (unpaired) electrons. The number of nitrogens with one attached hydrogen (secondary N) is 1. The summed E-state index contributed by atoms with van der Waals surface area (Å²) in [5, 5.41) is 0. The summed E-state index contributed by atoms with van der Waals surface area (Å²) in [5.41, 5.74) is 1.56. The normalized spacial score (nSPS) is 15.6. The van der Waals surface area contributed by atoms with Gasteiger partial charge in [0.05, 0.1) is 29.9 Å². The van der Waals surface area contributed by atoms with Crippen molar-refractivity contribution in [1.82, 2.24) is 0 Å². The fourth-order valence-corrected chi connectivity index (χ4v) is 3.95. The smallest absolute Gasteiger partial charge is 0.337 e. The first kappa shape index (κ1) is 19.0. The molecule has 1 aliphatic rings. The standard InChI is InChI=1S/C19H21NO6S/c1-4-25-18-10-14-9-12(2)26-17(14)11-16(18)20-27(22,23)15-7-5-13(6-8-15)19(21)24-3/h5-8,10-12,20H,4,9H2,1-3H3/t12-/m0/s1. The molecule has 1 heterocycles. The van der Waals surface area contributed by atoms with Gasteiger partial charge in [0.15, 0.2) is 0 Å². The lowest BCUT2D eigenvalue weighted by molar-refractivity contribution is 0.0600. The van der Waals surface area contributed by atoms with Gasteiger partial charge in [-0.05, 0) is 44.2 Å². The molecule has 2 aromatic rings. The largest absolute Gasteiger partial charge is 0.492 e. The van der Waals surface area contributed by atoms with Crippen molar-refractivity contribution in [3.63, 3.8) is 0 Å². The molecular weight excluding hydrogens is 370 g/mol. The van der Waals surface area contributed by atoms with Crippen molar-refractivity contribution in [3.05, 3.63) is 47.5 Å². The molecule has 0 saturated carbocycles. The Morgan fingerprint density at radius 3 is 2.59 bits per heavy atom. The van der Waals surface area contributed by atoms with Gasteiger partial charge in [-0.15, -0.1) is 0 Å². The van der Waals surface area contributed by atoms with E-state index < -0.39 is 16.0 Å². The van der Waals surface area contributed by atoms with Crippen LogP contribution in [0.1, 0.15) is 29.8 Å². The quantitative estimate of drug-likeness (QED) is 0.761. The second-order valence-corrected chi connectivity index (χ2v) is 7.83. The molecule has 0 amide bonds. The van der Waals surface area contributed by atoms with Crippen LogP contribution in [0.25, 0.3) is 0 Å². The summed E-state index contributed by atoms with van der Waals surface area (Å²) in [6, 6.07) is 8.95. The fraction of sp³-hybridized carbons (Fsp3) is 0.316. The van der Waals surface area contributed by atoms with Gasteiger partial charge in [0.2, 0.25) is 0 Å². The van der Waals surface area contributed by atoms with Crippen LogP contribution in [0, 0.1) is 0 Å². The highest BCUT2D eigenvalue weighted by molar-refractivity contribution is 7.92. The molecule has 3 rings (SSSR count). The third-order valence-electron chi connectivity index (χ3n) is 4.13. The second kappa shape index (κ2) is 7.48. The predicted molar refractivity (Wildman–Crippen MR) is 100.0 cm³/mol. The van der Waals surface area contributed by atoms with Gasteiger partial charge >= 0.3 is 5.97 Å². The SMILES string of the molecule is CCOc1cc2c(cc1NS(=O)(=O)c1ccc(C(=O)OC)cc1)O[C@@H](C)C2. The highest BCUT2D eigenvalue weighted by Crippen LogP contribution is 2.38. The molecule has 144 valence electrons. The maximum Gasteiger partial charge on any atom is 0.337 e. The van der Waals surface area contributed by atoms with E-state index in [0.717, 1.165) is 12.0 Å². The molecule has 0 unspecified atom stereocenters. The number of esters is 1. The fourth-order valence-electron chi connectivity index (χ4n) is 2.89. The molecule has 0 aromatic heterocycles. The second-order valence-electron chi connectivity index (χ2n) is 6.14. The Morgan fingerprint density at radius 2 is 1.96 bits per heavy atom. The average Bonchev–Trinajstić information content (AvgIpc) is 3.00. The number of carbonyl (C=O) groups is 1. The van der Waals surface area contributed by atoms with E-state index in [4.69, 9.17) is 9.47 Å². The topological polar surface area (TPSA) is 90.9 Å². The van der Waals surface area contributed by atoms with E-state index in [9.17, 15) is 13.2 Å². The Labute approximate surface area is 158 Å². The van der Waals surface area contributed by atoms with Crippen molar-refractivity contribution in [2.75, 3.05) is 18.4 Å². The van der Waals surface area contributed by atoms with Gasteiger partial charge < -0.3 is 14.2 Å². The summed E-state index contributed by atoms with van der Waals surface area (Å²) < 4.78 is 44.0. The molecule has 1 aliphatic heterocycles. The van der Waals surface area contributed by atoms with Gasteiger partial charge in [-0.25, -0.2) is 13.2 Å². The van der Waals surface area contributed by atoms with Gasteiger partial charge in [0.1, 0.15) is 17.6 Å². The summed E-state index contributed by atoms with van der Waals surface area (Å²) >= 11 is 0. The number of methoxy groups -OCH3 is 1. The molecular formula is C19H21NO6S. The Morgan fingerprint density at radius 1 is 1.26 bits per heavy atom. The molecule has 1 atom stereocenters. The van der Waals surface area contributed by atoms with Gasteiger partial charge in [-0.3, -0.25) is 4.72 Å². The van der Waals surface area contributed by atoms with Gasteiger partial charge in [-0.2, -0.15) is 0 Å². The zero-order valence-electron chi connectivity index (χ0n) is 15.3. The van der Waals surface area contributed by atoms with E-state index in [-0.39, 0.29) is 16.6 Å². The lowest BCUT2D eigenvalue weighted by atomic mass is 10.1. The van der Waals surface area contributed by atoms with Gasteiger partial charge in [0, 0.05) is 18.1 Å². The Hall–Kier alpha value is -2.74. The predicted octanol–water partition coefficient (Wildman–Crippen LogP) is 3.00. The van der Waals surface area contributed by atoms with E-state index >= 15 is 0 Å². The average molecular weight is 391 g/mol. The summed E-state index contributed by atoms with van der Waals surface area (Å²) in [6.45, 7) is 4.18. The molecule has 0 spiro atoms. The first-order valence-electron chi connectivity index (χ1n) is 8.51. The summed E-state index contributed by atoms with van der Waals surface area (Å²) in [7, 11) is -2.61.